The number of likely N-dealkylation sites (tertiary alicyclic amines) is 1. The number of amides is 1. The fraction of sp³-hybridized carbons (Fsp3) is 0.778. The largest absolute Gasteiger partial charge is 0.381 e. The third-order valence-electron chi connectivity index (χ3n) is 5.38. The summed E-state index contributed by atoms with van der Waals surface area (Å²) in [5, 5.41) is 1.06. The molecule has 1 unspecified atom stereocenters. The lowest BCUT2D eigenvalue weighted by atomic mass is 9.96. The molecule has 0 N–H and O–H groups in total. The second kappa shape index (κ2) is 7.70. The summed E-state index contributed by atoms with van der Waals surface area (Å²) in [6, 6.07) is 0. The number of aryl methyl sites for hydroxylation is 1. The quantitative estimate of drug-likeness (QED) is 0.823. The number of ether oxygens (including phenoxy) is 3. The van der Waals surface area contributed by atoms with Crippen LogP contribution in [0.2, 0.25) is 0 Å². The summed E-state index contributed by atoms with van der Waals surface area (Å²) in [5.74, 6) is 0.884. The number of carbonyl (C=O) groups is 1. The highest BCUT2D eigenvalue weighted by molar-refractivity contribution is 7.13. The first-order valence-electron chi connectivity index (χ1n) is 9.30. The van der Waals surface area contributed by atoms with Crippen molar-refractivity contribution >= 4 is 17.2 Å². The predicted molar refractivity (Wildman–Crippen MR) is 94.0 cm³/mol. The van der Waals surface area contributed by atoms with Gasteiger partial charge in [-0.05, 0) is 32.6 Å². The molecule has 1 aromatic rings. The number of thiazole rings is 1. The fourth-order valence-electron chi connectivity index (χ4n) is 3.89. The molecule has 3 aliphatic heterocycles. The molecule has 0 saturated carbocycles. The lowest BCUT2D eigenvalue weighted by molar-refractivity contribution is -0.0956. The van der Waals surface area contributed by atoms with Crippen molar-refractivity contribution < 1.29 is 19.0 Å². The van der Waals surface area contributed by atoms with Crippen LogP contribution < -0.4 is 0 Å². The molecule has 7 heteroatoms. The van der Waals surface area contributed by atoms with E-state index in [2.05, 4.69) is 4.98 Å². The van der Waals surface area contributed by atoms with E-state index in [1.807, 2.05) is 11.8 Å². The average Bonchev–Trinajstić information content (AvgIpc) is 3.32. The molecule has 3 saturated heterocycles. The van der Waals surface area contributed by atoms with Gasteiger partial charge in [0.2, 0.25) is 0 Å². The zero-order valence-corrected chi connectivity index (χ0v) is 15.6. The van der Waals surface area contributed by atoms with Gasteiger partial charge in [0, 0.05) is 31.5 Å². The van der Waals surface area contributed by atoms with Gasteiger partial charge >= 0.3 is 0 Å². The number of hydrogen-bond acceptors (Lipinski definition) is 6. The van der Waals surface area contributed by atoms with Gasteiger partial charge in [0.15, 0.2) is 6.29 Å². The van der Waals surface area contributed by atoms with Gasteiger partial charge < -0.3 is 19.1 Å². The number of carbonyl (C=O) groups excluding carboxylic acids is 1. The summed E-state index contributed by atoms with van der Waals surface area (Å²) in [6.07, 6.45) is 3.99. The average molecular weight is 366 g/mol. The summed E-state index contributed by atoms with van der Waals surface area (Å²) in [7, 11) is 0. The molecule has 3 fully saturated rings. The van der Waals surface area contributed by atoms with Gasteiger partial charge in [-0.3, -0.25) is 4.79 Å². The third-order valence-corrected chi connectivity index (χ3v) is 6.68. The summed E-state index contributed by atoms with van der Waals surface area (Å²) in [6.45, 7) is 6.44. The smallest absolute Gasteiger partial charge is 0.265 e. The Bertz CT molecular complexity index is 600. The Morgan fingerprint density at radius 2 is 1.92 bits per heavy atom. The number of aromatic nitrogens is 1. The van der Waals surface area contributed by atoms with Crippen LogP contribution in [-0.4, -0.2) is 61.6 Å². The van der Waals surface area contributed by atoms with Gasteiger partial charge in [0.1, 0.15) is 4.88 Å². The van der Waals surface area contributed by atoms with Gasteiger partial charge in [-0.1, -0.05) is 0 Å². The van der Waals surface area contributed by atoms with Crippen molar-refractivity contribution in [2.75, 3.05) is 39.5 Å². The molecule has 3 aliphatic rings. The second-order valence-electron chi connectivity index (χ2n) is 7.12. The van der Waals surface area contributed by atoms with Crippen molar-refractivity contribution in [1.82, 2.24) is 9.88 Å². The van der Waals surface area contributed by atoms with E-state index in [1.54, 1.807) is 11.3 Å². The molecule has 6 nitrogen and oxygen atoms in total. The van der Waals surface area contributed by atoms with Crippen LogP contribution in [0, 0.1) is 12.8 Å². The van der Waals surface area contributed by atoms with Crippen molar-refractivity contribution in [3.63, 3.8) is 0 Å². The Morgan fingerprint density at radius 1 is 1.16 bits per heavy atom. The molecule has 0 aliphatic carbocycles. The first-order valence-corrected chi connectivity index (χ1v) is 10.1. The van der Waals surface area contributed by atoms with E-state index < -0.39 is 0 Å². The first-order chi connectivity index (χ1) is 12.2. The van der Waals surface area contributed by atoms with Crippen molar-refractivity contribution in [2.45, 2.75) is 44.8 Å². The highest BCUT2D eigenvalue weighted by Gasteiger charge is 2.33. The minimum atomic E-state index is -0.0692. The van der Waals surface area contributed by atoms with Crippen LogP contribution in [0.1, 0.15) is 52.0 Å². The van der Waals surface area contributed by atoms with Crippen molar-refractivity contribution in [3.8, 4) is 0 Å². The van der Waals surface area contributed by atoms with Crippen molar-refractivity contribution in [1.29, 1.82) is 0 Å². The number of nitrogens with zero attached hydrogens (tertiary/aromatic N) is 2. The van der Waals surface area contributed by atoms with E-state index in [-0.39, 0.29) is 12.2 Å². The molecule has 1 atom stereocenters. The van der Waals surface area contributed by atoms with Crippen molar-refractivity contribution in [2.24, 2.45) is 5.92 Å². The van der Waals surface area contributed by atoms with Crippen LogP contribution in [0.3, 0.4) is 0 Å². The van der Waals surface area contributed by atoms with Gasteiger partial charge in [-0.2, -0.15) is 0 Å². The Hall–Kier alpha value is -1.02. The highest BCUT2D eigenvalue weighted by atomic mass is 32.1. The van der Waals surface area contributed by atoms with E-state index in [9.17, 15) is 4.79 Å². The maximum Gasteiger partial charge on any atom is 0.265 e. The molecule has 1 aromatic heterocycles. The summed E-state index contributed by atoms with van der Waals surface area (Å²) in [4.78, 5) is 20.4. The van der Waals surface area contributed by atoms with E-state index in [1.165, 1.54) is 0 Å². The SMILES string of the molecule is Cc1nc(C2CCCOC2)sc1C(=O)N1CCC(C2OCCO2)CC1. The second-order valence-corrected chi connectivity index (χ2v) is 8.15. The number of rotatable bonds is 3. The van der Waals surface area contributed by atoms with Crippen LogP contribution in [0.5, 0.6) is 0 Å². The zero-order valence-electron chi connectivity index (χ0n) is 14.7. The highest BCUT2D eigenvalue weighted by Crippen LogP contribution is 2.32. The van der Waals surface area contributed by atoms with Crippen LogP contribution >= 0.6 is 11.3 Å². The van der Waals surface area contributed by atoms with Gasteiger partial charge in [0.25, 0.3) is 5.91 Å². The summed E-state index contributed by atoms with van der Waals surface area (Å²) < 4.78 is 16.8. The normalized spacial score (nSPS) is 26.3. The van der Waals surface area contributed by atoms with Gasteiger partial charge in [-0.25, -0.2) is 4.98 Å². The van der Waals surface area contributed by atoms with Crippen LogP contribution in [-0.2, 0) is 14.2 Å². The standard InChI is InChI=1S/C18H26N2O4S/c1-12-15(25-16(19-12)14-3-2-8-22-11-14)17(21)20-6-4-13(5-7-20)18-23-9-10-24-18/h13-14,18H,2-11H2,1H3. The molecule has 0 radical (unpaired) electrons. The van der Waals surface area contributed by atoms with Crippen LogP contribution in [0.4, 0.5) is 0 Å². The van der Waals surface area contributed by atoms with Gasteiger partial charge in [0.05, 0.1) is 30.5 Å². The van der Waals surface area contributed by atoms with Gasteiger partial charge in [-0.15, -0.1) is 11.3 Å². The van der Waals surface area contributed by atoms with Crippen LogP contribution in [0.15, 0.2) is 0 Å². The van der Waals surface area contributed by atoms with E-state index >= 15 is 0 Å². The summed E-state index contributed by atoms with van der Waals surface area (Å²) >= 11 is 1.56. The predicted octanol–water partition coefficient (Wildman–Crippen LogP) is 2.57. The lowest BCUT2D eigenvalue weighted by Gasteiger charge is -2.33. The molecule has 0 spiro atoms. The zero-order chi connectivity index (χ0) is 17.2. The number of hydrogen-bond donors (Lipinski definition) is 0. The molecular weight excluding hydrogens is 340 g/mol. The van der Waals surface area contributed by atoms with E-state index in [4.69, 9.17) is 14.2 Å². The Labute approximate surface area is 152 Å². The molecule has 0 aromatic carbocycles. The topological polar surface area (TPSA) is 60.9 Å². The Balaban J connectivity index is 1.38. The molecular formula is C18H26N2O4S. The first kappa shape index (κ1) is 17.4. The molecule has 0 bridgehead atoms. The van der Waals surface area contributed by atoms with E-state index in [0.717, 1.165) is 67.6 Å². The molecule has 4 rings (SSSR count). The van der Waals surface area contributed by atoms with E-state index in [0.29, 0.717) is 25.0 Å². The maximum absolute atomic E-state index is 12.9. The Kier molecular flexibility index (Phi) is 5.36. The Morgan fingerprint density at radius 3 is 2.60 bits per heavy atom. The summed E-state index contributed by atoms with van der Waals surface area (Å²) in [5.41, 5.74) is 0.861. The third kappa shape index (κ3) is 3.74. The van der Waals surface area contributed by atoms with Crippen molar-refractivity contribution in [3.05, 3.63) is 15.6 Å². The van der Waals surface area contributed by atoms with Crippen LogP contribution in [0.25, 0.3) is 0 Å². The molecule has 1 amide bonds. The monoisotopic (exact) mass is 366 g/mol. The minimum absolute atomic E-state index is 0.0692. The molecule has 138 valence electrons. The number of piperidine rings is 1. The molecule has 4 heterocycles. The minimum Gasteiger partial charge on any atom is -0.381 e. The lowest BCUT2D eigenvalue weighted by Crippen LogP contribution is -2.41. The fourth-order valence-corrected chi connectivity index (χ4v) is 5.05. The maximum atomic E-state index is 12.9. The molecule has 25 heavy (non-hydrogen) atoms.